The molecular formula is C30H58N2O9. The van der Waals surface area contributed by atoms with E-state index < -0.39 is 84.8 Å². The molecule has 2 aliphatic heterocycles. The summed E-state index contributed by atoms with van der Waals surface area (Å²) in [4.78, 5) is 16.3. The summed E-state index contributed by atoms with van der Waals surface area (Å²) in [6.45, 7) is 9.85. The lowest BCUT2D eigenvalue weighted by Gasteiger charge is -2.46. The standard InChI is InChI=1S/C30H58N2O9/c1-12-22-30(8,38)25(35)20(6)32(11)15-16(2)14-29(7,37)26(18(4)23(33)19(5)27(36)40-22)41-28-24(34)21(31(9)10)13-17(3)39-28/h16-26,28,33-35,37-38H,12-15H2,1-11H3/t16-,17-,18+,19-,20-,21+,22-,23+,24-,25-,26-,28+,29-,30-/m1/s1/i11D3. The van der Waals surface area contributed by atoms with E-state index in [1.807, 2.05) is 25.9 Å². The molecule has 0 aromatic rings. The number of cyclic esters (lactones) is 1. The smallest absolute Gasteiger partial charge is 0.311 e. The van der Waals surface area contributed by atoms with Crippen molar-refractivity contribution in [1.82, 2.24) is 9.80 Å². The predicted molar refractivity (Wildman–Crippen MR) is 155 cm³/mol. The quantitative estimate of drug-likeness (QED) is 0.297. The van der Waals surface area contributed by atoms with Crippen LogP contribution < -0.4 is 0 Å². The van der Waals surface area contributed by atoms with E-state index in [9.17, 15) is 30.3 Å². The molecule has 11 nitrogen and oxygen atoms in total. The van der Waals surface area contributed by atoms with Crippen molar-refractivity contribution < 1.29 is 48.7 Å². The second-order valence-electron chi connectivity index (χ2n) is 13.3. The lowest BCUT2D eigenvalue weighted by atomic mass is 9.78. The number of nitrogens with zero attached hydrogens (tertiary/aromatic N) is 2. The molecule has 0 spiro atoms. The Morgan fingerprint density at radius 1 is 1.10 bits per heavy atom. The molecule has 0 bridgehead atoms. The van der Waals surface area contributed by atoms with Crippen LogP contribution in [0.5, 0.6) is 0 Å². The molecule has 2 aliphatic rings. The van der Waals surface area contributed by atoms with Crippen molar-refractivity contribution in [3.05, 3.63) is 0 Å². The highest BCUT2D eigenvalue weighted by Gasteiger charge is 2.49. The fraction of sp³-hybridized carbons (Fsp3) is 0.967. The zero-order valence-electron chi connectivity index (χ0n) is 29.5. The molecule has 0 unspecified atom stereocenters. The zero-order valence-corrected chi connectivity index (χ0v) is 26.5. The van der Waals surface area contributed by atoms with Crippen LogP contribution in [0.3, 0.4) is 0 Å². The topological polar surface area (TPSA) is 152 Å². The van der Waals surface area contributed by atoms with E-state index in [0.717, 1.165) is 4.90 Å². The minimum Gasteiger partial charge on any atom is -0.459 e. The largest absolute Gasteiger partial charge is 0.459 e. The Labute approximate surface area is 251 Å². The number of aliphatic hydroxyl groups excluding tert-OH is 3. The number of carbonyl (C=O) groups is 1. The Hall–Kier alpha value is -0.890. The van der Waals surface area contributed by atoms with Crippen molar-refractivity contribution in [2.75, 3.05) is 27.6 Å². The molecule has 41 heavy (non-hydrogen) atoms. The van der Waals surface area contributed by atoms with Crippen molar-refractivity contribution in [2.45, 2.75) is 141 Å². The van der Waals surface area contributed by atoms with Gasteiger partial charge >= 0.3 is 5.97 Å². The van der Waals surface area contributed by atoms with Gasteiger partial charge < -0.3 is 49.5 Å². The summed E-state index contributed by atoms with van der Waals surface area (Å²) in [6.07, 6.45) is -7.31. The van der Waals surface area contributed by atoms with Gasteiger partial charge in [0, 0.05) is 28.7 Å². The molecule has 11 heteroatoms. The average Bonchev–Trinajstić information content (AvgIpc) is 2.90. The van der Waals surface area contributed by atoms with Crippen molar-refractivity contribution in [2.24, 2.45) is 17.8 Å². The maximum Gasteiger partial charge on any atom is 0.311 e. The highest BCUT2D eigenvalue weighted by atomic mass is 16.7. The van der Waals surface area contributed by atoms with Crippen LogP contribution in [0.15, 0.2) is 0 Å². The minimum absolute atomic E-state index is 0.00753. The third kappa shape index (κ3) is 8.39. The summed E-state index contributed by atoms with van der Waals surface area (Å²) in [5.74, 6) is -3.38. The Kier molecular flexibility index (Phi) is 11.0. The second kappa shape index (κ2) is 14.3. The predicted octanol–water partition coefficient (Wildman–Crippen LogP) is 0.976. The SMILES string of the molecule is [2H]C([2H])([2H])N1C[C@H](C)C[C@@](C)(O)[C@H](O[C@@H]2O[C@H](C)C[C@H](N(C)C)[C@H]2O)[C@@H](C)[C@H](O)[C@@H](C)C(=O)O[C@H](CC)[C@@](C)(O)[C@H](O)[C@H]1C. The van der Waals surface area contributed by atoms with Crippen LogP contribution in [0.25, 0.3) is 0 Å². The summed E-state index contributed by atoms with van der Waals surface area (Å²) >= 11 is 0. The molecular weight excluding hydrogens is 532 g/mol. The first kappa shape index (κ1) is 31.5. The molecule has 242 valence electrons. The number of carbonyl (C=O) groups excluding carboxylic acids is 1. The lowest BCUT2D eigenvalue weighted by molar-refractivity contribution is -0.299. The normalized spacial score (nSPS) is 49.8. The lowest BCUT2D eigenvalue weighted by Crippen LogP contribution is -2.59. The molecule has 2 saturated heterocycles. The van der Waals surface area contributed by atoms with Crippen LogP contribution in [-0.2, 0) is 19.0 Å². The first-order valence-electron chi connectivity index (χ1n) is 16.4. The highest BCUT2D eigenvalue weighted by Crippen LogP contribution is 2.36. The molecule has 0 aromatic heterocycles. The Bertz CT molecular complexity index is 938. The Morgan fingerprint density at radius 2 is 1.71 bits per heavy atom. The van der Waals surface area contributed by atoms with Gasteiger partial charge in [0.25, 0.3) is 0 Å². The molecule has 14 atom stereocenters. The maximum atomic E-state index is 13.4. The van der Waals surface area contributed by atoms with E-state index in [0.29, 0.717) is 6.42 Å². The molecule has 0 aliphatic carbocycles. The number of likely N-dealkylation sites (N-methyl/N-ethyl adjacent to an activating group) is 2. The minimum atomic E-state index is -2.67. The number of hydrogen-bond acceptors (Lipinski definition) is 11. The van der Waals surface area contributed by atoms with Crippen molar-refractivity contribution in [1.29, 1.82) is 0 Å². The second-order valence-corrected chi connectivity index (χ2v) is 13.3. The first-order chi connectivity index (χ1) is 20.0. The van der Waals surface area contributed by atoms with Crippen LogP contribution in [0.2, 0.25) is 0 Å². The average molecular weight is 594 g/mol. The van der Waals surface area contributed by atoms with Gasteiger partial charge in [0.05, 0.1) is 29.8 Å². The summed E-state index contributed by atoms with van der Waals surface area (Å²) in [5, 5.41) is 57.3. The van der Waals surface area contributed by atoms with Crippen LogP contribution in [0.1, 0.15) is 78.8 Å². The molecule has 0 amide bonds. The van der Waals surface area contributed by atoms with Crippen molar-refractivity contribution in [3.63, 3.8) is 0 Å². The highest BCUT2D eigenvalue weighted by molar-refractivity contribution is 5.73. The van der Waals surface area contributed by atoms with Crippen LogP contribution >= 0.6 is 0 Å². The van der Waals surface area contributed by atoms with Gasteiger partial charge in [-0.3, -0.25) is 4.79 Å². The zero-order chi connectivity index (χ0) is 34.1. The molecule has 0 aromatic carbocycles. The number of rotatable bonds is 4. The van der Waals surface area contributed by atoms with Gasteiger partial charge in [-0.25, -0.2) is 0 Å². The molecule has 2 rings (SSSR count). The van der Waals surface area contributed by atoms with E-state index in [1.165, 1.54) is 27.7 Å². The molecule has 0 saturated carbocycles. The van der Waals surface area contributed by atoms with E-state index in [2.05, 4.69) is 0 Å². The van der Waals surface area contributed by atoms with Gasteiger partial charge in [0.15, 0.2) is 6.29 Å². The van der Waals surface area contributed by atoms with Gasteiger partial charge in [0.1, 0.15) is 23.9 Å². The maximum absolute atomic E-state index is 13.4. The Balaban J connectivity index is 2.62. The van der Waals surface area contributed by atoms with Crippen LogP contribution in [0, 0.1) is 17.8 Å². The van der Waals surface area contributed by atoms with Gasteiger partial charge in [-0.2, -0.15) is 0 Å². The number of esters is 1. The number of hydrogen-bond donors (Lipinski definition) is 5. The summed E-state index contributed by atoms with van der Waals surface area (Å²) in [5.41, 5.74) is -3.74. The van der Waals surface area contributed by atoms with E-state index >= 15 is 0 Å². The van der Waals surface area contributed by atoms with Crippen molar-refractivity contribution >= 4 is 5.97 Å². The van der Waals surface area contributed by atoms with E-state index in [4.69, 9.17) is 18.3 Å². The van der Waals surface area contributed by atoms with E-state index in [-0.39, 0.29) is 31.5 Å². The van der Waals surface area contributed by atoms with Crippen LogP contribution in [0.4, 0.5) is 0 Å². The fourth-order valence-corrected chi connectivity index (χ4v) is 6.51. The molecule has 2 fully saturated rings. The first-order valence-corrected chi connectivity index (χ1v) is 14.9. The summed E-state index contributed by atoms with van der Waals surface area (Å²) < 4.78 is 42.6. The van der Waals surface area contributed by atoms with Crippen molar-refractivity contribution in [3.8, 4) is 0 Å². The number of ether oxygens (including phenoxy) is 3. The van der Waals surface area contributed by atoms with Gasteiger partial charge in [-0.05, 0) is 80.9 Å². The molecule has 0 radical (unpaired) electrons. The van der Waals surface area contributed by atoms with E-state index in [1.54, 1.807) is 20.8 Å². The third-order valence-corrected chi connectivity index (χ3v) is 9.17. The molecule has 5 N–H and O–H groups in total. The van der Waals surface area contributed by atoms with Gasteiger partial charge in [0.2, 0.25) is 0 Å². The summed E-state index contributed by atoms with van der Waals surface area (Å²) in [6, 6.07) is -1.41. The monoisotopic (exact) mass is 593 g/mol. The number of aliphatic hydroxyl groups is 5. The summed E-state index contributed by atoms with van der Waals surface area (Å²) in [7, 11) is 3.67. The van der Waals surface area contributed by atoms with Gasteiger partial charge in [-0.15, -0.1) is 0 Å². The third-order valence-electron chi connectivity index (χ3n) is 9.17. The van der Waals surface area contributed by atoms with Crippen LogP contribution in [-0.4, -0.2) is 135 Å². The Morgan fingerprint density at radius 3 is 2.24 bits per heavy atom. The fourth-order valence-electron chi connectivity index (χ4n) is 6.51. The molecule has 2 heterocycles. The van der Waals surface area contributed by atoms with Gasteiger partial charge in [-0.1, -0.05) is 20.8 Å².